The van der Waals surface area contributed by atoms with Crippen molar-refractivity contribution in [1.82, 2.24) is 14.6 Å². The number of anilines is 1. The van der Waals surface area contributed by atoms with E-state index in [4.69, 9.17) is 9.47 Å². The SMILES string of the molecule is CCOC(=O)c1c(-c2ccccc2)csc1NC(=O)CSc1nnc2cc(C)c3ccc(OC)cc3n12. The number of thiophene rings is 1. The predicted octanol–water partition coefficient (Wildman–Crippen LogP) is 5.84. The van der Waals surface area contributed by atoms with Crippen molar-refractivity contribution in [2.45, 2.75) is 19.0 Å². The van der Waals surface area contributed by atoms with Crippen LogP contribution in [0.4, 0.5) is 5.00 Å². The van der Waals surface area contributed by atoms with Gasteiger partial charge in [0.2, 0.25) is 5.91 Å². The smallest absolute Gasteiger partial charge is 0.341 e. The van der Waals surface area contributed by atoms with Gasteiger partial charge in [0.15, 0.2) is 10.8 Å². The maximum atomic E-state index is 13.0. The summed E-state index contributed by atoms with van der Waals surface area (Å²) in [5, 5.41) is 15.5. The number of nitrogens with one attached hydrogen (secondary N) is 1. The quantitative estimate of drug-likeness (QED) is 0.198. The van der Waals surface area contributed by atoms with Gasteiger partial charge in [-0.2, -0.15) is 0 Å². The van der Waals surface area contributed by atoms with Crippen LogP contribution in [0.25, 0.3) is 27.7 Å². The molecule has 0 aliphatic rings. The molecule has 0 bridgehead atoms. The second kappa shape index (κ2) is 10.6. The molecule has 2 aromatic carbocycles. The fourth-order valence-electron chi connectivity index (χ4n) is 4.10. The first kappa shape index (κ1) is 24.8. The number of amides is 1. The molecule has 5 rings (SSSR count). The number of aromatic nitrogens is 3. The molecular weight excluding hydrogens is 508 g/mol. The topological polar surface area (TPSA) is 94.8 Å². The number of hydrogen-bond acceptors (Lipinski definition) is 8. The van der Waals surface area contributed by atoms with Crippen LogP contribution in [-0.2, 0) is 9.53 Å². The van der Waals surface area contributed by atoms with Gasteiger partial charge in [0.1, 0.15) is 16.3 Å². The lowest BCUT2D eigenvalue weighted by atomic mass is 10.0. The highest BCUT2D eigenvalue weighted by atomic mass is 32.2. The van der Waals surface area contributed by atoms with Crippen molar-refractivity contribution in [1.29, 1.82) is 0 Å². The van der Waals surface area contributed by atoms with Crippen molar-refractivity contribution in [2.75, 3.05) is 24.8 Å². The Morgan fingerprint density at radius 3 is 2.68 bits per heavy atom. The van der Waals surface area contributed by atoms with Gasteiger partial charge in [0.05, 0.1) is 25.0 Å². The molecule has 0 fully saturated rings. The van der Waals surface area contributed by atoms with Crippen molar-refractivity contribution in [3.05, 3.63) is 71.1 Å². The Labute approximate surface area is 221 Å². The fraction of sp³-hybridized carbons (Fsp3) is 0.185. The van der Waals surface area contributed by atoms with E-state index in [0.29, 0.717) is 21.4 Å². The van der Waals surface area contributed by atoms with Gasteiger partial charge in [-0.15, -0.1) is 21.5 Å². The lowest BCUT2D eigenvalue weighted by Gasteiger charge is -2.10. The van der Waals surface area contributed by atoms with Crippen LogP contribution in [0.5, 0.6) is 5.75 Å². The maximum Gasteiger partial charge on any atom is 0.341 e. The Bertz CT molecular complexity index is 1610. The predicted molar refractivity (Wildman–Crippen MR) is 147 cm³/mol. The van der Waals surface area contributed by atoms with Crippen molar-refractivity contribution in [3.63, 3.8) is 0 Å². The number of carbonyl (C=O) groups excluding carboxylic acids is 2. The van der Waals surface area contributed by atoms with E-state index in [9.17, 15) is 9.59 Å². The Balaban J connectivity index is 1.40. The monoisotopic (exact) mass is 532 g/mol. The van der Waals surface area contributed by atoms with Crippen LogP contribution in [-0.4, -0.2) is 45.9 Å². The lowest BCUT2D eigenvalue weighted by molar-refractivity contribution is -0.113. The number of hydrogen-bond donors (Lipinski definition) is 1. The number of fused-ring (bicyclic) bond motifs is 3. The lowest BCUT2D eigenvalue weighted by Crippen LogP contribution is -2.16. The van der Waals surface area contributed by atoms with E-state index in [2.05, 4.69) is 15.5 Å². The highest BCUT2D eigenvalue weighted by Crippen LogP contribution is 2.36. The summed E-state index contributed by atoms with van der Waals surface area (Å²) >= 11 is 2.57. The highest BCUT2D eigenvalue weighted by Gasteiger charge is 2.23. The molecular formula is C27H24N4O4S2. The molecule has 0 saturated carbocycles. The summed E-state index contributed by atoms with van der Waals surface area (Å²) in [7, 11) is 1.62. The van der Waals surface area contributed by atoms with E-state index in [0.717, 1.165) is 33.3 Å². The number of esters is 1. The van der Waals surface area contributed by atoms with E-state index in [1.54, 1.807) is 14.0 Å². The summed E-state index contributed by atoms with van der Waals surface area (Å²) in [6, 6.07) is 17.4. The van der Waals surface area contributed by atoms with Crippen LogP contribution in [0, 0.1) is 6.92 Å². The zero-order valence-corrected chi connectivity index (χ0v) is 22.1. The molecule has 0 saturated heterocycles. The first-order valence-electron chi connectivity index (χ1n) is 11.6. The van der Waals surface area contributed by atoms with Crippen molar-refractivity contribution < 1.29 is 19.1 Å². The van der Waals surface area contributed by atoms with Gasteiger partial charge in [-0.1, -0.05) is 42.1 Å². The van der Waals surface area contributed by atoms with Gasteiger partial charge < -0.3 is 14.8 Å². The minimum atomic E-state index is -0.468. The fourth-order valence-corrected chi connectivity index (χ4v) is 5.83. The minimum absolute atomic E-state index is 0.0843. The van der Waals surface area contributed by atoms with Gasteiger partial charge in [0, 0.05) is 22.4 Å². The van der Waals surface area contributed by atoms with E-state index < -0.39 is 5.97 Å². The van der Waals surface area contributed by atoms with Crippen molar-refractivity contribution >= 4 is 56.5 Å². The number of pyridine rings is 1. The van der Waals surface area contributed by atoms with E-state index >= 15 is 0 Å². The molecule has 1 N–H and O–H groups in total. The van der Waals surface area contributed by atoms with E-state index in [1.807, 2.05) is 71.3 Å². The van der Waals surface area contributed by atoms with Crippen molar-refractivity contribution in [2.24, 2.45) is 0 Å². The second-order valence-corrected chi connectivity index (χ2v) is 9.99. The molecule has 0 unspecified atom stereocenters. The maximum absolute atomic E-state index is 13.0. The molecule has 0 atom stereocenters. The molecule has 3 heterocycles. The number of ether oxygens (including phenoxy) is 2. The van der Waals surface area contributed by atoms with Crippen LogP contribution >= 0.6 is 23.1 Å². The molecule has 8 nitrogen and oxygen atoms in total. The molecule has 5 aromatic rings. The number of nitrogens with zero attached hydrogens (tertiary/aromatic N) is 3. The molecule has 1 amide bonds. The average Bonchev–Trinajstić information content (AvgIpc) is 3.52. The van der Waals surface area contributed by atoms with Gasteiger partial charge in [-0.25, -0.2) is 4.79 Å². The molecule has 10 heteroatoms. The van der Waals surface area contributed by atoms with Gasteiger partial charge >= 0.3 is 5.97 Å². The third-order valence-corrected chi connectivity index (χ3v) is 7.64. The Hall–Kier alpha value is -3.89. The minimum Gasteiger partial charge on any atom is -0.497 e. The average molecular weight is 533 g/mol. The zero-order valence-electron chi connectivity index (χ0n) is 20.5. The van der Waals surface area contributed by atoms with Crippen LogP contribution in [0.3, 0.4) is 0 Å². The standard InChI is InChI=1S/C27H24N4O4S2/c1-4-35-26(33)24-20(17-8-6-5-7-9-17)14-36-25(24)28-23(32)15-37-27-30-29-22-12-16(2)19-11-10-18(34-3)13-21(19)31(22)27/h5-14H,4,15H2,1-3H3,(H,28,32). The number of thioether (sulfide) groups is 1. The molecule has 188 valence electrons. The number of methoxy groups -OCH3 is 1. The summed E-state index contributed by atoms with van der Waals surface area (Å²) in [5.74, 6) is 0.0776. The molecule has 3 aromatic heterocycles. The summed E-state index contributed by atoms with van der Waals surface area (Å²) < 4.78 is 12.6. The Morgan fingerprint density at radius 2 is 1.92 bits per heavy atom. The summed E-state index contributed by atoms with van der Waals surface area (Å²) in [6.45, 7) is 4.02. The first-order chi connectivity index (χ1) is 18.0. The van der Waals surface area contributed by atoms with E-state index in [1.165, 1.54) is 23.1 Å². The molecule has 37 heavy (non-hydrogen) atoms. The summed E-state index contributed by atoms with van der Waals surface area (Å²) in [5.41, 5.74) is 4.63. The van der Waals surface area contributed by atoms with Crippen molar-refractivity contribution in [3.8, 4) is 16.9 Å². The van der Waals surface area contributed by atoms with Crippen LogP contribution < -0.4 is 10.1 Å². The van der Waals surface area contributed by atoms with Gasteiger partial charge in [-0.05, 0) is 43.2 Å². The normalized spacial score (nSPS) is 11.1. The second-order valence-electron chi connectivity index (χ2n) is 8.16. The summed E-state index contributed by atoms with van der Waals surface area (Å²) in [4.78, 5) is 25.8. The highest BCUT2D eigenvalue weighted by molar-refractivity contribution is 7.99. The summed E-state index contributed by atoms with van der Waals surface area (Å²) in [6.07, 6.45) is 0. The Morgan fingerprint density at radius 1 is 1.11 bits per heavy atom. The molecule has 0 aliphatic carbocycles. The largest absolute Gasteiger partial charge is 0.497 e. The molecule has 0 radical (unpaired) electrons. The third-order valence-electron chi connectivity index (χ3n) is 5.82. The number of aryl methyl sites for hydroxylation is 1. The Kier molecular flexibility index (Phi) is 7.11. The number of benzene rings is 2. The zero-order chi connectivity index (χ0) is 25.9. The van der Waals surface area contributed by atoms with Gasteiger partial charge in [0.25, 0.3) is 0 Å². The van der Waals surface area contributed by atoms with Crippen LogP contribution in [0.2, 0.25) is 0 Å². The number of rotatable bonds is 8. The third kappa shape index (κ3) is 4.90. The molecule has 0 spiro atoms. The van der Waals surface area contributed by atoms with Crippen LogP contribution in [0.1, 0.15) is 22.8 Å². The van der Waals surface area contributed by atoms with E-state index in [-0.39, 0.29) is 18.3 Å². The molecule has 0 aliphatic heterocycles. The van der Waals surface area contributed by atoms with Gasteiger partial charge in [-0.3, -0.25) is 9.20 Å². The first-order valence-corrected chi connectivity index (χ1v) is 13.5. The number of carbonyl (C=O) groups is 2. The van der Waals surface area contributed by atoms with Crippen LogP contribution in [0.15, 0.2) is 65.1 Å².